The van der Waals surface area contributed by atoms with Gasteiger partial charge in [0.05, 0.1) is 6.07 Å². The van der Waals surface area contributed by atoms with Crippen LogP contribution in [-0.4, -0.2) is 69.8 Å². The highest BCUT2D eigenvalue weighted by Gasteiger charge is 2.59. The van der Waals surface area contributed by atoms with E-state index in [0.717, 1.165) is 4.90 Å². The van der Waals surface area contributed by atoms with E-state index >= 15 is 0 Å². The van der Waals surface area contributed by atoms with Gasteiger partial charge in [0, 0.05) is 19.5 Å². The molecular weight excluding hydrogens is 390 g/mol. The first-order valence-electron chi connectivity index (χ1n) is 9.23. The van der Waals surface area contributed by atoms with Crippen LogP contribution in [0.25, 0.3) is 0 Å². The number of amides is 6. The van der Waals surface area contributed by atoms with E-state index in [1.54, 1.807) is 0 Å². The molecule has 0 aromatic rings. The Morgan fingerprint density at radius 3 is 2.34 bits per heavy atom. The largest absolute Gasteiger partial charge is 0.351 e. The quantitative estimate of drug-likeness (QED) is 0.545. The molecule has 158 valence electrons. The van der Waals surface area contributed by atoms with Gasteiger partial charge in [0.15, 0.2) is 0 Å². The first kappa shape index (κ1) is 20.8. The molecule has 1 saturated carbocycles. The smallest absolute Gasteiger partial charge is 0.325 e. The van der Waals surface area contributed by atoms with E-state index in [1.165, 1.54) is 4.90 Å². The highest BCUT2D eigenvalue weighted by Crippen LogP contribution is 2.39. The number of alkyl halides is 2. The van der Waals surface area contributed by atoms with Gasteiger partial charge >= 0.3 is 12.1 Å². The van der Waals surface area contributed by atoms with E-state index in [1.807, 2.05) is 6.07 Å². The van der Waals surface area contributed by atoms with Crippen LogP contribution in [0, 0.1) is 11.3 Å². The van der Waals surface area contributed by atoms with Gasteiger partial charge in [-0.3, -0.25) is 19.8 Å². The molecule has 10 nitrogen and oxygen atoms in total. The molecule has 2 aliphatic heterocycles. The molecule has 3 rings (SSSR count). The number of urea groups is 2. The number of imide groups is 1. The molecule has 0 radical (unpaired) electrons. The molecule has 0 aromatic carbocycles. The van der Waals surface area contributed by atoms with Crippen LogP contribution in [0.2, 0.25) is 0 Å². The number of primary amides is 1. The van der Waals surface area contributed by atoms with Crippen LogP contribution in [0.3, 0.4) is 0 Å². The molecule has 2 heterocycles. The second kappa shape index (κ2) is 6.82. The van der Waals surface area contributed by atoms with E-state index in [9.17, 15) is 33.2 Å². The fourth-order valence-electron chi connectivity index (χ4n) is 3.93. The Balaban J connectivity index is 1.92. The van der Waals surface area contributed by atoms with Gasteiger partial charge in [0.25, 0.3) is 5.91 Å². The van der Waals surface area contributed by atoms with Crippen LogP contribution in [0.15, 0.2) is 0 Å². The van der Waals surface area contributed by atoms with Gasteiger partial charge in [-0.15, -0.1) is 0 Å². The number of rotatable bonds is 5. The average molecular weight is 412 g/mol. The minimum Gasteiger partial charge on any atom is -0.351 e. The maximum absolute atomic E-state index is 13.9. The lowest BCUT2D eigenvalue weighted by Crippen LogP contribution is -2.64. The van der Waals surface area contributed by atoms with E-state index in [-0.39, 0.29) is 25.9 Å². The summed E-state index contributed by atoms with van der Waals surface area (Å²) in [5.74, 6) is -4.93. The Morgan fingerprint density at radius 1 is 1.31 bits per heavy atom. The fourth-order valence-corrected chi connectivity index (χ4v) is 3.93. The van der Waals surface area contributed by atoms with Crippen molar-refractivity contribution in [3.05, 3.63) is 0 Å². The maximum atomic E-state index is 13.9. The van der Waals surface area contributed by atoms with Crippen molar-refractivity contribution >= 4 is 23.9 Å². The van der Waals surface area contributed by atoms with E-state index in [2.05, 4.69) is 10.6 Å². The summed E-state index contributed by atoms with van der Waals surface area (Å²) in [6, 6.07) is -1.37. The SMILES string of the molecule is CC(F)(F)C[C@@H](C(=O)NC1(C#N)CC1)N1C(=O)NC(=O)C12CCN(C(N)=O)CC2. The molecule has 0 aromatic heterocycles. The van der Waals surface area contributed by atoms with Gasteiger partial charge in [0.1, 0.15) is 17.1 Å². The van der Waals surface area contributed by atoms with Gasteiger partial charge in [-0.25, -0.2) is 18.4 Å². The molecule has 2 saturated heterocycles. The molecule has 29 heavy (non-hydrogen) atoms. The number of hydrogen-bond donors (Lipinski definition) is 3. The molecule has 3 fully saturated rings. The van der Waals surface area contributed by atoms with Crippen molar-refractivity contribution in [2.24, 2.45) is 5.73 Å². The third kappa shape index (κ3) is 3.81. The van der Waals surface area contributed by atoms with Crippen molar-refractivity contribution < 1.29 is 28.0 Å². The second-order valence-electron chi connectivity index (χ2n) is 7.96. The lowest BCUT2D eigenvalue weighted by Gasteiger charge is -2.44. The van der Waals surface area contributed by atoms with Crippen molar-refractivity contribution in [1.82, 2.24) is 20.4 Å². The highest BCUT2D eigenvalue weighted by atomic mass is 19.3. The van der Waals surface area contributed by atoms with Crippen LogP contribution in [0.1, 0.15) is 39.0 Å². The summed E-state index contributed by atoms with van der Waals surface area (Å²) in [4.78, 5) is 51.6. The van der Waals surface area contributed by atoms with Crippen LogP contribution in [0.4, 0.5) is 18.4 Å². The summed E-state index contributed by atoms with van der Waals surface area (Å²) in [5.41, 5.74) is 2.58. The number of nitrogens with two attached hydrogens (primary N) is 1. The van der Waals surface area contributed by atoms with Crippen LogP contribution in [-0.2, 0) is 9.59 Å². The molecule has 0 unspecified atom stereocenters. The number of carbonyl (C=O) groups is 4. The van der Waals surface area contributed by atoms with Crippen LogP contribution >= 0.6 is 0 Å². The van der Waals surface area contributed by atoms with Gasteiger partial charge in [-0.2, -0.15) is 5.26 Å². The number of halogens is 2. The molecule has 1 aliphatic carbocycles. The normalized spacial score (nSPS) is 23.4. The summed E-state index contributed by atoms with van der Waals surface area (Å²) in [5, 5.41) is 13.8. The van der Waals surface area contributed by atoms with Crippen molar-refractivity contribution in [2.45, 2.75) is 62.1 Å². The first-order chi connectivity index (χ1) is 13.4. The third-order valence-corrected chi connectivity index (χ3v) is 5.72. The molecular formula is C17H22F2N6O4. The van der Waals surface area contributed by atoms with Crippen molar-refractivity contribution in [2.75, 3.05) is 13.1 Å². The molecule has 12 heteroatoms. The minimum atomic E-state index is -3.31. The Kier molecular flexibility index (Phi) is 4.88. The number of hydrogen-bond acceptors (Lipinski definition) is 5. The predicted molar refractivity (Wildman–Crippen MR) is 93.2 cm³/mol. The first-order valence-corrected chi connectivity index (χ1v) is 9.23. The Hall–Kier alpha value is -2.97. The zero-order valence-electron chi connectivity index (χ0n) is 15.8. The lowest BCUT2D eigenvalue weighted by molar-refractivity contribution is -0.137. The third-order valence-electron chi connectivity index (χ3n) is 5.72. The summed E-state index contributed by atoms with van der Waals surface area (Å²) < 4.78 is 27.8. The van der Waals surface area contributed by atoms with Gasteiger partial charge in [-0.1, -0.05) is 0 Å². The Bertz CT molecular complexity index is 793. The van der Waals surface area contributed by atoms with E-state index < -0.39 is 53.3 Å². The Labute approximate surface area is 165 Å². The number of piperidine rings is 1. The molecule has 1 atom stereocenters. The monoisotopic (exact) mass is 412 g/mol. The number of likely N-dealkylation sites (tertiary alicyclic amines) is 1. The minimum absolute atomic E-state index is 0.0333. The molecule has 1 spiro atoms. The average Bonchev–Trinajstić information content (AvgIpc) is 3.35. The summed E-state index contributed by atoms with van der Waals surface area (Å²) in [6.07, 6.45) is -0.336. The maximum Gasteiger partial charge on any atom is 0.325 e. The summed E-state index contributed by atoms with van der Waals surface area (Å²) >= 11 is 0. The van der Waals surface area contributed by atoms with Crippen molar-refractivity contribution in [3.63, 3.8) is 0 Å². The summed E-state index contributed by atoms with van der Waals surface area (Å²) in [7, 11) is 0. The number of carbonyl (C=O) groups excluding carboxylic acids is 4. The number of nitrogens with one attached hydrogen (secondary N) is 2. The molecule has 6 amide bonds. The van der Waals surface area contributed by atoms with E-state index in [4.69, 9.17) is 5.73 Å². The standard InChI is InChI=1S/C17H22F2N6O4/c1-15(18,19)8-10(11(26)23-16(9-20)2-3-16)25-14(29)22-12(27)17(25)4-6-24(7-5-17)13(21)28/h10H,2-8H2,1H3,(H2,21,28)(H,23,26)(H,22,27,29)/t10-/m0/s1. The molecule has 4 N–H and O–H groups in total. The van der Waals surface area contributed by atoms with Gasteiger partial charge in [0.2, 0.25) is 11.8 Å². The molecule has 0 bridgehead atoms. The van der Waals surface area contributed by atoms with Crippen LogP contribution in [0.5, 0.6) is 0 Å². The van der Waals surface area contributed by atoms with Gasteiger partial charge < -0.3 is 16.0 Å². The zero-order valence-corrected chi connectivity index (χ0v) is 15.8. The highest BCUT2D eigenvalue weighted by molar-refractivity contribution is 6.09. The lowest BCUT2D eigenvalue weighted by atomic mass is 9.84. The number of nitriles is 1. The zero-order chi connectivity index (χ0) is 21.6. The second-order valence-corrected chi connectivity index (χ2v) is 7.96. The fraction of sp³-hybridized carbons (Fsp3) is 0.706. The van der Waals surface area contributed by atoms with Crippen molar-refractivity contribution in [3.8, 4) is 6.07 Å². The van der Waals surface area contributed by atoms with Crippen molar-refractivity contribution in [1.29, 1.82) is 5.26 Å². The van der Waals surface area contributed by atoms with Gasteiger partial charge in [-0.05, 0) is 32.6 Å². The van der Waals surface area contributed by atoms with Crippen LogP contribution < -0.4 is 16.4 Å². The number of nitrogens with zero attached hydrogens (tertiary/aromatic N) is 3. The predicted octanol–water partition coefficient (Wildman–Crippen LogP) is 0.0378. The Morgan fingerprint density at radius 2 is 1.90 bits per heavy atom. The molecule has 3 aliphatic rings. The topological polar surface area (TPSA) is 149 Å². The van der Waals surface area contributed by atoms with E-state index in [0.29, 0.717) is 19.8 Å². The summed E-state index contributed by atoms with van der Waals surface area (Å²) in [6.45, 7) is 0.680.